The van der Waals surface area contributed by atoms with E-state index in [9.17, 15) is 4.79 Å². The first-order chi connectivity index (χ1) is 6.83. The first kappa shape index (κ1) is 7.97. The molecule has 0 unspecified atom stereocenters. The smallest absolute Gasteiger partial charge is 0.236 e. The van der Waals surface area contributed by atoms with Crippen LogP contribution in [-0.4, -0.2) is 10.9 Å². The van der Waals surface area contributed by atoms with E-state index in [-0.39, 0.29) is 11.3 Å². The van der Waals surface area contributed by atoms with E-state index < -0.39 is 0 Å². The van der Waals surface area contributed by atoms with Gasteiger partial charge in [-0.2, -0.15) is 0 Å². The SMILES string of the molecule is O=C1Nc2ncccc2C12CCCC2. The summed E-state index contributed by atoms with van der Waals surface area (Å²) in [6.07, 6.45) is 6.01. The fourth-order valence-electron chi connectivity index (χ4n) is 2.72. The topological polar surface area (TPSA) is 42.0 Å². The second-order valence-corrected chi connectivity index (χ2v) is 4.14. The van der Waals surface area contributed by atoms with Crippen LogP contribution in [0.4, 0.5) is 5.82 Å². The summed E-state index contributed by atoms with van der Waals surface area (Å²) in [5.74, 6) is 0.933. The van der Waals surface area contributed by atoms with Crippen molar-refractivity contribution in [3.05, 3.63) is 23.9 Å². The Labute approximate surface area is 82.5 Å². The van der Waals surface area contributed by atoms with Crippen LogP contribution in [0, 0.1) is 0 Å². The van der Waals surface area contributed by atoms with Crippen molar-refractivity contribution in [1.29, 1.82) is 0 Å². The third kappa shape index (κ3) is 0.820. The molecule has 3 heteroatoms. The summed E-state index contributed by atoms with van der Waals surface area (Å²) >= 11 is 0. The molecule has 3 rings (SSSR count). The van der Waals surface area contributed by atoms with Gasteiger partial charge in [-0.15, -0.1) is 0 Å². The first-order valence-electron chi connectivity index (χ1n) is 5.10. The van der Waals surface area contributed by atoms with Gasteiger partial charge in [-0.3, -0.25) is 4.79 Å². The highest BCUT2D eigenvalue weighted by Gasteiger charge is 2.48. The molecule has 1 aliphatic heterocycles. The molecule has 1 aliphatic carbocycles. The summed E-state index contributed by atoms with van der Waals surface area (Å²) in [5.41, 5.74) is 0.881. The predicted molar refractivity (Wildman–Crippen MR) is 53.0 cm³/mol. The zero-order valence-electron chi connectivity index (χ0n) is 7.92. The molecule has 1 aromatic rings. The predicted octanol–water partition coefficient (Wildman–Crippen LogP) is 1.85. The van der Waals surface area contributed by atoms with Gasteiger partial charge in [0.25, 0.3) is 0 Å². The second kappa shape index (κ2) is 2.56. The van der Waals surface area contributed by atoms with Crippen LogP contribution in [0.15, 0.2) is 18.3 Å². The maximum atomic E-state index is 11.9. The quantitative estimate of drug-likeness (QED) is 0.675. The van der Waals surface area contributed by atoms with Crippen LogP contribution >= 0.6 is 0 Å². The van der Waals surface area contributed by atoms with E-state index in [4.69, 9.17) is 0 Å². The number of aromatic nitrogens is 1. The molecule has 0 aromatic carbocycles. The standard InChI is InChI=1S/C11H12N2O/c14-10-11(5-1-2-6-11)8-4-3-7-12-9(8)13-10/h3-4,7H,1-2,5-6H2,(H,12,13,14). The van der Waals surface area contributed by atoms with Crippen LogP contribution in [0.1, 0.15) is 31.2 Å². The minimum Gasteiger partial charge on any atom is -0.310 e. The summed E-state index contributed by atoms with van der Waals surface area (Å²) in [6.45, 7) is 0. The zero-order chi connectivity index (χ0) is 9.60. The van der Waals surface area contributed by atoms with E-state index in [0.29, 0.717) is 0 Å². The van der Waals surface area contributed by atoms with Crippen molar-refractivity contribution in [2.75, 3.05) is 5.32 Å². The number of anilines is 1. The van der Waals surface area contributed by atoms with Crippen molar-refractivity contribution in [3.8, 4) is 0 Å². The molecule has 1 aromatic heterocycles. The number of hydrogen-bond donors (Lipinski definition) is 1. The lowest BCUT2D eigenvalue weighted by Gasteiger charge is -2.19. The van der Waals surface area contributed by atoms with Crippen molar-refractivity contribution in [3.63, 3.8) is 0 Å². The van der Waals surface area contributed by atoms with E-state index in [1.54, 1.807) is 6.20 Å². The molecule has 14 heavy (non-hydrogen) atoms. The molecule has 1 saturated carbocycles. The van der Waals surface area contributed by atoms with Crippen LogP contribution in [0.3, 0.4) is 0 Å². The van der Waals surface area contributed by atoms with Gasteiger partial charge in [-0.1, -0.05) is 18.9 Å². The van der Waals surface area contributed by atoms with Crippen LogP contribution < -0.4 is 5.32 Å². The van der Waals surface area contributed by atoms with E-state index >= 15 is 0 Å². The molecule has 1 N–H and O–H groups in total. The Balaban J connectivity index is 2.18. The molecule has 0 saturated heterocycles. The Hall–Kier alpha value is -1.38. The van der Waals surface area contributed by atoms with Crippen LogP contribution in [0.2, 0.25) is 0 Å². The van der Waals surface area contributed by atoms with Gasteiger partial charge in [0.2, 0.25) is 5.91 Å². The number of rotatable bonds is 0. The highest BCUT2D eigenvalue weighted by molar-refractivity contribution is 6.05. The number of carbonyl (C=O) groups excluding carboxylic acids is 1. The summed E-state index contributed by atoms with van der Waals surface area (Å²) < 4.78 is 0. The molecule has 1 fully saturated rings. The number of fused-ring (bicyclic) bond motifs is 2. The van der Waals surface area contributed by atoms with Gasteiger partial charge in [0, 0.05) is 11.8 Å². The minimum atomic E-state index is -0.233. The van der Waals surface area contributed by atoms with Crippen molar-refractivity contribution >= 4 is 11.7 Å². The third-order valence-electron chi connectivity index (χ3n) is 3.45. The second-order valence-electron chi connectivity index (χ2n) is 4.14. The minimum absolute atomic E-state index is 0.156. The zero-order valence-corrected chi connectivity index (χ0v) is 7.92. The highest BCUT2D eigenvalue weighted by atomic mass is 16.2. The molecule has 3 nitrogen and oxygen atoms in total. The van der Waals surface area contributed by atoms with E-state index in [2.05, 4.69) is 10.3 Å². The molecule has 1 amide bonds. The Bertz CT molecular complexity index is 394. The number of carbonyl (C=O) groups is 1. The third-order valence-corrected chi connectivity index (χ3v) is 3.45. The van der Waals surface area contributed by atoms with E-state index in [1.807, 2.05) is 12.1 Å². The average Bonchev–Trinajstić information content (AvgIpc) is 2.77. The number of amides is 1. The maximum Gasteiger partial charge on any atom is 0.236 e. The fraction of sp³-hybridized carbons (Fsp3) is 0.455. The number of pyridine rings is 1. The summed E-state index contributed by atoms with van der Waals surface area (Å²) in [6, 6.07) is 3.95. The monoisotopic (exact) mass is 188 g/mol. The molecule has 2 aliphatic rings. The van der Waals surface area contributed by atoms with E-state index in [1.165, 1.54) is 0 Å². The largest absolute Gasteiger partial charge is 0.310 e. The first-order valence-corrected chi connectivity index (χ1v) is 5.10. The summed E-state index contributed by atoms with van der Waals surface area (Å²) in [4.78, 5) is 16.1. The lowest BCUT2D eigenvalue weighted by atomic mass is 9.81. The summed E-state index contributed by atoms with van der Waals surface area (Å²) in [7, 11) is 0. The van der Waals surface area contributed by atoms with Gasteiger partial charge < -0.3 is 5.32 Å². The Morgan fingerprint density at radius 1 is 1.36 bits per heavy atom. The van der Waals surface area contributed by atoms with Gasteiger partial charge in [-0.05, 0) is 18.9 Å². The van der Waals surface area contributed by atoms with Crippen molar-refractivity contribution in [2.45, 2.75) is 31.1 Å². The molecule has 72 valence electrons. The molecule has 2 heterocycles. The average molecular weight is 188 g/mol. The molecular weight excluding hydrogens is 176 g/mol. The van der Waals surface area contributed by atoms with Crippen molar-refractivity contribution in [1.82, 2.24) is 4.98 Å². The maximum absolute atomic E-state index is 11.9. The van der Waals surface area contributed by atoms with Gasteiger partial charge >= 0.3 is 0 Å². The van der Waals surface area contributed by atoms with Gasteiger partial charge in [0.1, 0.15) is 5.82 Å². The lowest BCUT2D eigenvalue weighted by Crippen LogP contribution is -2.30. The number of nitrogens with zero attached hydrogens (tertiary/aromatic N) is 1. The fourth-order valence-corrected chi connectivity index (χ4v) is 2.72. The van der Waals surface area contributed by atoms with Crippen molar-refractivity contribution < 1.29 is 4.79 Å². The van der Waals surface area contributed by atoms with Crippen LogP contribution in [0.25, 0.3) is 0 Å². The summed E-state index contributed by atoms with van der Waals surface area (Å²) in [5, 5.41) is 2.88. The lowest BCUT2D eigenvalue weighted by molar-refractivity contribution is -0.120. The van der Waals surface area contributed by atoms with Crippen LogP contribution in [0.5, 0.6) is 0 Å². The molecule has 0 atom stereocenters. The van der Waals surface area contributed by atoms with Gasteiger partial charge in [0.15, 0.2) is 0 Å². The number of hydrogen-bond acceptors (Lipinski definition) is 2. The highest BCUT2D eigenvalue weighted by Crippen LogP contribution is 2.47. The Morgan fingerprint density at radius 2 is 2.14 bits per heavy atom. The molecule has 1 spiro atoms. The molecule has 0 radical (unpaired) electrons. The van der Waals surface area contributed by atoms with E-state index in [0.717, 1.165) is 37.1 Å². The van der Waals surface area contributed by atoms with Gasteiger partial charge in [0.05, 0.1) is 5.41 Å². The molecule has 0 bridgehead atoms. The molecular formula is C11H12N2O. The Kier molecular flexibility index (Phi) is 1.46. The normalized spacial score (nSPS) is 22.4. The number of nitrogens with one attached hydrogen (secondary N) is 1. The van der Waals surface area contributed by atoms with Gasteiger partial charge in [-0.25, -0.2) is 4.98 Å². The van der Waals surface area contributed by atoms with Crippen LogP contribution in [-0.2, 0) is 10.2 Å². The van der Waals surface area contributed by atoms with Crippen molar-refractivity contribution in [2.24, 2.45) is 0 Å². The Morgan fingerprint density at radius 3 is 2.93 bits per heavy atom.